The number of imide groups is 1. The first-order valence-corrected chi connectivity index (χ1v) is 11.1. The zero-order valence-corrected chi connectivity index (χ0v) is 18.3. The van der Waals surface area contributed by atoms with Gasteiger partial charge in [-0.15, -0.1) is 0 Å². The van der Waals surface area contributed by atoms with E-state index in [0.717, 1.165) is 16.9 Å². The minimum Gasteiger partial charge on any atom is -0.447 e. The van der Waals surface area contributed by atoms with E-state index in [2.05, 4.69) is 13.0 Å². The number of aliphatic hydroxyl groups excluding tert-OH is 1. The Labute approximate surface area is 180 Å². The molecule has 1 aliphatic rings. The van der Waals surface area contributed by atoms with Crippen LogP contribution in [-0.4, -0.2) is 40.8 Å². The summed E-state index contributed by atoms with van der Waals surface area (Å²) in [6.45, 7) is 4.19. The molecule has 0 saturated carbocycles. The molecule has 1 N–H and O–H groups in total. The van der Waals surface area contributed by atoms with Crippen LogP contribution >= 0.6 is 0 Å². The normalized spacial score (nSPS) is 18.1. The van der Waals surface area contributed by atoms with Crippen LogP contribution in [0.2, 0.25) is 0 Å². The monoisotopic (exact) mass is 413 g/mol. The number of hydrogen-bond acceptors (Lipinski definition) is 4. The second-order valence-corrected chi connectivity index (χ2v) is 7.95. The summed E-state index contributed by atoms with van der Waals surface area (Å²) >= 11 is 0. The number of carbonyl (C=O) groups excluding carboxylic acids is 2. The largest absolute Gasteiger partial charge is 0.447 e. The van der Waals surface area contributed by atoms with Crippen LogP contribution in [0.15, 0.2) is 54.1 Å². The standard InChI is InChI=1S/C25H35NO4/c1-3-4-5-6-7-8-9-11-14-20(2)23(27)18-24(28)26-22(19-30-25(26)29)17-21-15-12-10-13-16-21/h9-16,22-23,27H,3-8,17-19H2,1-2H3/b11-9+,20-14+/t22-,23+/m0/s1. The average Bonchev–Trinajstić information content (AvgIpc) is 3.10. The van der Waals surface area contributed by atoms with Crippen molar-refractivity contribution in [3.05, 3.63) is 59.7 Å². The van der Waals surface area contributed by atoms with Crippen LogP contribution < -0.4 is 0 Å². The molecule has 164 valence electrons. The van der Waals surface area contributed by atoms with Gasteiger partial charge in [0.25, 0.3) is 0 Å². The van der Waals surface area contributed by atoms with Crippen LogP contribution in [0.25, 0.3) is 0 Å². The third-order valence-corrected chi connectivity index (χ3v) is 5.41. The third-order valence-electron chi connectivity index (χ3n) is 5.41. The summed E-state index contributed by atoms with van der Waals surface area (Å²) in [5, 5.41) is 10.4. The summed E-state index contributed by atoms with van der Waals surface area (Å²) in [6, 6.07) is 9.37. The minimum absolute atomic E-state index is 0.131. The highest BCUT2D eigenvalue weighted by molar-refractivity contribution is 5.94. The molecular formula is C25H35NO4. The number of rotatable bonds is 12. The van der Waals surface area contributed by atoms with Crippen LogP contribution in [0.3, 0.4) is 0 Å². The lowest BCUT2D eigenvalue weighted by atomic mass is 10.0. The summed E-state index contributed by atoms with van der Waals surface area (Å²) in [5.74, 6) is -0.404. The lowest BCUT2D eigenvalue weighted by Gasteiger charge is -2.21. The Morgan fingerprint density at radius 1 is 1.23 bits per heavy atom. The molecule has 0 aliphatic carbocycles. The van der Waals surface area contributed by atoms with Crippen molar-refractivity contribution in [3.63, 3.8) is 0 Å². The predicted octanol–water partition coefficient (Wildman–Crippen LogP) is 5.19. The molecule has 1 heterocycles. The fraction of sp³-hybridized carbons (Fsp3) is 0.520. The number of amides is 2. The van der Waals surface area contributed by atoms with E-state index in [1.54, 1.807) is 6.92 Å². The van der Waals surface area contributed by atoms with Gasteiger partial charge in [0.15, 0.2) is 0 Å². The first-order valence-electron chi connectivity index (χ1n) is 11.1. The van der Waals surface area contributed by atoms with E-state index < -0.39 is 18.1 Å². The first-order chi connectivity index (χ1) is 14.5. The Hall–Kier alpha value is -2.40. The zero-order valence-electron chi connectivity index (χ0n) is 18.3. The molecule has 0 aromatic heterocycles. The molecule has 1 aromatic rings. The lowest BCUT2D eigenvalue weighted by Crippen LogP contribution is -2.41. The maximum absolute atomic E-state index is 12.7. The molecule has 2 atom stereocenters. The number of allylic oxidation sites excluding steroid dienone is 3. The van der Waals surface area contributed by atoms with Crippen LogP contribution in [-0.2, 0) is 16.0 Å². The summed E-state index contributed by atoms with van der Waals surface area (Å²) in [7, 11) is 0. The van der Waals surface area contributed by atoms with Gasteiger partial charge in [0.05, 0.1) is 18.6 Å². The number of nitrogens with zero attached hydrogens (tertiary/aromatic N) is 1. The number of carbonyl (C=O) groups is 2. The maximum atomic E-state index is 12.7. The number of benzene rings is 1. The van der Waals surface area contributed by atoms with Gasteiger partial charge < -0.3 is 9.84 Å². The summed E-state index contributed by atoms with van der Waals surface area (Å²) < 4.78 is 5.10. The smallest absolute Gasteiger partial charge is 0.416 e. The van der Waals surface area contributed by atoms with E-state index in [4.69, 9.17) is 4.74 Å². The number of hydrogen-bond donors (Lipinski definition) is 1. The van der Waals surface area contributed by atoms with Crippen molar-refractivity contribution in [1.82, 2.24) is 4.90 Å². The Morgan fingerprint density at radius 3 is 2.70 bits per heavy atom. The maximum Gasteiger partial charge on any atom is 0.416 e. The molecule has 0 unspecified atom stereocenters. The van der Waals surface area contributed by atoms with E-state index in [0.29, 0.717) is 12.0 Å². The van der Waals surface area contributed by atoms with E-state index in [-0.39, 0.29) is 19.1 Å². The molecule has 1 fully saturated rings. The van der Waals surface area contributed by atoms with Crippen molar-refractivity contribution >= 4 is 12.0 Å². The van der Waals surface area contributed by atoms with Crippen LogP contribution in [0, 0.1) is 0 Å². The molecule has 1 aliphatic heterocycles. The van der Waals surface area contributed by atoms with Crippen molar-refractivity contribution in [2.24, 2.45) is 0 Å². The van der Waals surface area contributed by atoms with Gasteiger partial charge >= 0.3 is 6.09 Å². The quantitative estimate of drug-likeness (QED) is 0.378. The van der Waals surface area contributed by atoms with Crippen molar-refractivity contribution in [1.29, 1.82) is 0 Å². The van der Waals surface area contributed by atoms with Gasteiger partial charge in [0.1, 0.15) is 6.61 Å². The molecule has 5 heteroatoms. The van der Waals surface area contributed by atoms with Gasteiger partial charge in [-0.25, -0.2) is 9.69 Å². The molecule has 1 saturated heterocycles. The lowest BCUT2D eigenvalue weighted by molar-refractivity contribution is -0.130. The summed E-state index contributed by atoms with van der Waals surface area (Å²) in [6.07, 6.45) is 12.0. The highest BCUT2D eigenvalue weighted by Crippen LogP contribution is 2.20. The van der Waals surface area contributed by atoms with Crippen molar-refractivity contribution in [2.45, 2.75) is 77.4 Å². The van der Waals surface area contributed by atoms with Crippen molar-refractivity contribution in [2.75, 3.05) is 6.61 Å². The van der Waals surface area contributed by atoms with Crippen molar-refractivity contribution in [3.8, 4) is 0 Å². The highest BCUT2D eigenvalue weighted by atomic mass is 16.6. The Morgan fingerprint density at radius 2 is 1.97 bits per heavy atom. The van der Waals surface area contributed by atoms with E-state index in [1.165, 1.54) is 32.1 Å². The molecule has 1 aromatic carbocycles. The number of unbranched alkanes of at least 4 members (excludes halogenated alkanes) is 5. The summed E-state index contributed by atoms with van der Waals surface area (Å²) in [4.78, 5) is 25.9. The van der Waals surface area contributed by atoms with Gasteiger partial charge in [0, 0.05) is 0 Å². The van der Waals surface area contributed by atoms with Gasteiger partial charge in [-0.1, -0.05) is 81.2 Å². The topological polar surface area (TPSA) is 66.8 Å². The second-order valence-electron chi connectivity index (χ2n) is 7.95. The molecule has 0 spiro atoms. The Balaban J connectivity index is 1.83. The SMILES string of the molecule is CCCCCCC/C=C/C=C(\C)[C@H](O)CC(=O)N1C(=O)OC[C@@H]1Cc1ccccc1. The van der Waals surface area contributed by atoms with E-state index in [1.807, 2.05) is 42.5 Å². The molecule has 0 bridgehead atoms. The fourth-order valence-electron chi connectivity index (χ4n) is 3.52. The van der Waals surface area contributed by atoms with Gasteiger partial charge in [0.2, 0.25) is 5.91 Å². The van der Waals surface area contributed by atoms with Gasteiger partial charge in [-0.05, 0) is 37.3 Å². The molecule has 2 rings (SSSR count). The highest BCUT2D eigenvalue weighted by Gasteiger charge is 2.38. The second kappa shape index (κ2) is 13.0. The third kappa shape index (κ3) is 7.79. The van der Waals surface area contributed by atoms with Crippen LogP contribution in [0.4, 0.5) is 4.79 Å². The van der Waals surface area contributed by atoms with Crippen molar-refractivity contribution < 1.29 is 19.4 Å². The molecular weight excluding hydrogens is 378 g/mol. The van der Waals surface area contributed by atoms with Crippen LogP contribution in [0.1, 0.15) is 64.4 Å². The Kier molecular flexibility index (Phi) is 10.4. The molecule has 2 amide bonds. The molecule has 30 heavy (non-hydrogen) atoms. The Bertz CT molecular complexity index is 726. The number of ether oxygens (including phenoxy) is 1. The van der Waals surface area contributed by atoms with E-state index in [9.17, 15) is 14.7 Å². The molecule has 0 radical (unpaired) electrons. The molecule has 5 nitrogen and oxygen atoms in total. The fourth-order valence-corrected chi connectivity index (χ4v) is 3.52. The number of aliphatic hydroxyl groups is 1. The summed E-state index contributed by atoms with van der Waals surface area (Å²) in [5.41, 5.74) is 1.74. The van der Waals surface area contributed by atoms with Gasteiger partial charge in [-0.2, -0.15) is 0 Å². The predicted molar refractivity (Wildman–Crippen MR) is 119 cm³/mol. The first kappa shape index (κ1) is 23.9. The minimum atomic E-state index is -0.919. The average molecular weight is 414 g/mol. The number of cyclic esters (lactones) is 1. The zero-order chi connectivity index (χ0) is 21.8. The van der Waals surface area contributed by atoms with Gasteiger partial charge in [-0.3, -0.25) is 4.79 Å². The van der Waals surface area contributed by atoms with E-state index >= 15 is 0 Å². The van der Waals surface area contributed by atoms with Crippen LogP contribution in [0.5, 0.6) is 0 Å².